The predicted octanol–water partition coefficient (Wildman–Crippen LogP) is 1.67. The first kappa shape index (κ1) is 21.0. The van der Waals surface area contributed by atoms with Crippen molar-refractivity contribution in [2.45, 2.75) is 38.8 Å². The van der Waals surface area contributed by atoms with Crippen molar-refractivity contribution in [1.82, 2.24) is 15.5 Å². The molecule has 1 heterocycles. The lowest BCUT2D eigenvalue weighted by Crippen LogP contribution is -2.55. The van der Waals surface area contributed by atoms with E-state index in [0.717, 1.165) is 19.4 Å². The fourth-order valence-electron chi connectivity index (χ4n) is 3.29. The van der Waals surface area contributed by atoms with Gasteiger partial charge in [0, 0.05) is 30.8 Å². The maximum absolute atomic E-state index is 13.0. The van der Waals surface area contributed by atoms with Gasteiger partial charge in [0.2, 0.25) is 5.91 Å². The molecule has 2 N–H and O–H groups in total. The standard InChI is InChI=1S/C20H31N3O4/c1-13(2)18(20(25)23-8-6-7-15(12-23)21-3)22-19(24)14-9-16(26-4)11-17(10-14)27-5/h9-11,13,15,18,21H,6-8,12H2,1-5H3,(H,22,24). The van der Waals surface area contributed by atoms with Crippen molar-refractivity contribution in [1.29, 1.82) is 0 Å². The van der Waals surface area contributed by atoms with Crippen LogP contribution in [-0.2, 0) is 4.79 Å². The second-order valence-electron chi connectivity index (χ2n) is 7.21. The number of rotatable bonds is 7. The minimum atomic E-state index is -0.578. The van der Waals surface area contributed by atoms with Crippen LogP contribution in [0.3, 0.4) is 0 Å². The Kier molecular flexibility index (Phi) is 7.47. The first-order valence-electron chi connectivity index (χ1n) is 9.39. The highest BCUT2D eigenvalue weighted by atomic mass is 16.5. The van der Waals surface area contributed by atoms with E-state index in [2.05, 4.69) is 10.6 Å². The van der Waals surface area contributed by atoms with Crippen molar-refractivity contribution >= 4 is 11.8 Å². The first-order valence-corrected chi connectivity index (χ1v) is 9.39. The van der Waals surface area contributed by atoms with E-state index in [4.69, 9.17) is 9.47 Å². The molecule has 27 heavy (non-hydrogen) atoms. The summed E-state index contributed by atoms with van der Waals surface area (Å²) in [5.74, 6) is 0.679. The third kappa shape index (κ3) is 5.35. The van der Waals surface area contributed by atoms with Crippen LogP contribution >= 0.6 is 0 Å². The highest BCUT2D eigenvalue weighted by Gasteiger charge is 2.31. The van der Waals surface area contributed by atoms with E-state index in [0.29, 0.717) is 29.6 Å². The summed E-state index contributed by atoms with van der Waals surface area (Å²) < 4.78 is 10.4. The Morgan fingerprint density at radius 3 is 2.30 bits per heavy atom. The molecule has 1 fully saturated rings. The summed E-state index contributed by atoms with van der Waals surface area (Å²) in [7, 11) is 4.98. The number of carbonyl (C=O) groups excluding carboxylic acids is 2. The van der Waals surface area contributed by atoms with Gasteiger partial charge in [-0.1, -0.05) is 13.8 Å². The smallest absolute Gasteiger partial charge is 0.252 e. The number of piperidine rings is 1. The van der Waals surface area contributed by atoms with Gasteiger partial charge >= 0.3 is 0 Å². The SMILES string of the molecule is CNC1CCCN(C(=O)C(NC(=O)c2cc(OC)cc(OC)c2)C(C)C)C1. The van der Waals surface area contributed by atoms with Crippen LogP contribution < -0.4 is 20.1 Å². The molecule has 0 aromatic heterocycles. The Morgan fingerprint density at radius 2 is 1.78 bits per heavy atom. The molecule has 1 aliphatic heterocycles. The number of likely N-dealkylation sites (tertiary alicyclic amines) is 1. The molecule has 1 aromatic carbocycles. The van der Waals surface area contributed by atoms with E-state index >= 15 is 0 Å². The summed E-state index contributed by atoms with van der Waals surface area (Å²) in [5, 5.41) is 6.14. The molecule has 1 saturated heterocycles. The third-order valence-corrected chi connectivity index (χ3v) is 4.97. The van der Waals surface area contributed by atoms with Gasteiger partial charge in [0.1, 0.15) is 17.5 Å². The van der Waals surface area contributed by atoms with Crippen molar-refractivity contribution in [3.8, 4) is 11.5 Å². The molecule has 2 amide bonds. The van der Waals surface area contributed by atoms with Gasteiger partial charge in [-0.3, -0.25) is 9.59 Å². The number of benzene rings is 1. The Balaban J connectivity index is 2.15. The van der Waals surface area contributed by atoms with Gasteiger partial charge in [-0.15, -0.1) is 0 Å². The second-order valence-corrected chi connectivity index (χ2v) is 7.21. The first-order chi connectivity index (χ1) is 12.9. The van der Waals surface area contributed by atoms with E-state index in [9.17, 15) is 9.59 Å². The van der Waals surface area contributed by atoms with Gasteiger partial charge in [-0.05, 0) is 37.9 Å². The van der Waals surface area contributed by atoms with Gasteiger partial charge in [-0.2, -0.15) is 0 Å². The Bertz CT molecular complexity index is 640. The molecule has 1 aromatic rings. The van der Waals surface area contributed by atoms with Gasteiger partial charge in [0.25, 0.3) is 5.91 Å². The van der Waals surface area contributed by atoms with Gasteiger partial charge in [0.15, 0.2) is 0 Å². The van der Waals surface area contributed by atoms with Gasteiger partial charge in [-0.25, -0.2) is 0 Å². The minimum absolute atomic E-state index is 0.0242. The number of nitrogens with one attached hydrogen (secondary N) is 2. The lowest BCUT2D eigenvalue weighted by atomic mass is 9.99. The number of hydrogen-bond donors (Lipinski definition) is 2. The predicted molar refractivity (Wildman–Crippen MR) is 104 cm³/mol. The molecular weight excluding hydrogens is 346 g/mol. The van der Waals surface area contributed by atoms with Crippen molar-refractivity contribution in [3.63, 3.8) is 0 Å². The average molecular weight is 377 g/mol. The number of carbonyl (C=O) groups is 2. The monoisotopic (exact) mass is 377 g/mol. The molecule has 0 spiro atoms. The Hall–Kier alpha value is -2.28. The lowest BCUT2D eigenvalue weighted by Gasteiger charge is -2.36. The molecule has 0 radical (unpaired) electrons. The molecule has 2 atom stereocenters. The molecule has 2 rings (SSSR count). The van der Waals surface area contributed by atoms with Gasteiger partial charge in [0.05, 0.1) is 14.2 Å². The van der Waals surface area contributed by atoms with E-state index in [-0.39, 0.29) is 17.7 Å². The van der Waals surface area contributed by atoms with Crippen LogP contribution in [0.4, 0.5) is 0 Å². The number of ether oxygens (including phenoxy) is 2. The van der Waals surface area contributed by atoms with Crippen molar-refractivity contribution in [3.05, 3.63) is 23.8 Å². The molecule has 7 heteroatoms. The highest BCUT2D eigenvalue weighted by molar-refractivity contribution is 5.98. The summed E-state index contributed by atoms with van der Waals surface area (Å²) in [6, 6.07) is 4.70. The van der Waals surface area contributed by atoms with E-state index in [1.54, 1.807) is 18.2 Å². The molecule has 0 bridgehead atoms. The highest BCUT2D eigenvalue weighted by Crippen LogP contribution is 2.23. The quantitative estimate of drug-likeness (QED) is 0.756. The van der Waals surface area contributed by atoms with Crippen LogP contribution in [0.25, 0.3) is 0 Å². The molecule has 0 saturated carbocycles. The summed E-state index contributed by atoms with van der Waals surface area (Å²) in [6.45, 7) is 5.27. The number of hydrogen-bond acceptors (Lipinski definition) is 5. The van der Waals surface area contributed by atoms with Crippen LogP contribution in [0.5, 0.6) is 11.5 Å². The van der Waals surface area contributed by atoms with Crippen molar-refractivity contribution in [2.24, 2.45) is 5.92 Å². The van der Waals surface area contributed by atoms with E-state index < -0.39 is 6.04 Å². The normalized spacial score (nSPS) is 18.1. The summed E-state index contributed by atoms with van der Waals surface area (Å²) in [5.41, 5.74) is 0.399. The largest absolute Gasteiger partial charge is 0.497 e. The minimum Gasteiger partial charge on any atom is -0.497 e. The van der Waals surface area contributed by atoms with Crippen LogP contribution in [-0.4, -0.2) is 63.2 Å². The van der Waals surface area contributed by atoms with Crippen molar-refractivity contribution in [2.75, 3.05) is 34.4 Å². The number of amides is 2. The average Bonchev–Trinajstić information content (AvgIpc) is 2.70. The molecular formula is C20H31N3O4. The van der Waals surface area contributed by atoms with Crippen LogP contribution in [0.15, 0.2) is 18.2 Å². The van der Waals surface area contributed by atoms with Crippen LogP contribution in [0.1, 0.15) is 37.0 Å². The van der Waals surface area contributed by atoms with Crippen LogP contribution in [0, 0.1) is 5.92 Å². The lowest BCUT2D eigenvalue weighted by molar-refractivity contribution is -0.135. The molecule has 150 valence electrons. The third-order valence-electron chi connectivity index (χ3n) is 4.97. The van der Waals surface area contributed by atoms with E-state index in [1.807, 2.05) is 25.8 Å². The maximum atomic E-state index is 13.0. The number of nitrogens with zero attached hydrogens (tertiary/aromatic N) is 1. The topological polar surface area (TPSA) is 79.9 Å². The Labute approximate surface area is 161 Å². The fraction of sp³-hybridized carbons (Fsp3) is 0.600. The number of likely N-dealkylation sites (N-methyl/N-ethyl adjacent to an activating group) is 1. The van der Waals surface area contributed by atoms with Crippen molar-refractivity contribution < 1.29 is 19.1 Å². The zero-order chi connectivity index (χ0) is 20.0. The molecule has 0 aliphatic carbocycles. The van der Waals surface area contributed by atoms with Crippen LogP contribution in [0.2, 0.25) is 0 Å². The zero-order valence-corrected chi connectivity index (χ0v) is 16.9. The van der Waals surface area contributed by atoms with Gasteiger partial charge < -0.3 is 25.0 Å². The summed E-state index contributed by atoms with van der Waals surface area (Å²) >= 11 is 0. The molecule has 1 aliphatic rings. The molecule has 7 nitrogen and oxygen atoms in total. The maximum Gasteiger partial charge on any atom is 0.252 e. The zero-order valence-electron chi connectivity index (χ0n) is 16.9. The second kappa shape index (κ2) is 9.60. The number of methoxy groups -OCH3 is 2. The fourth-order valence-corrected chi connectivity index (χ4v) is 3.29. The Morgan fingerprint density at radius 1 is 1.15 bits per heavy atom. The summed E-state index contributed by atoms with van der Waals surface area (Å²) in [6.07, 6.45) is 2.02. The molecule has 2 unspecified atom stereocenters. The summed E-state index contributed by atoms with van der Waals surface area (Å²) in [4.78, 5) is 27.7. The van der Waals surface area contributed by atoms with E-state index in [1.165, 1.54) is 14.2 Å².